The number of benzene rings is 1. The van der Waals surface area contributed by atoms with E-state index in [0.717, 1.165) is 42.6 Å². The number of piperazine rings is 1. The third-order valence-electron chi connectivity index (χ3n) is 3.79. The van der Waals surface area contributed by atoms with Crippen molar-refractivity contribution >= 4 is 47.3 Å². The lowest BCUT2D eigenvalue weighted by atomic mass is 10.0. The third-order valence-corrected chi connectivity index (χ3v) is 4.09. The maximum absolute atomic E-state index is 6.39. The highest BCUT2D eigenvalue weighted by Crippen LogP contribution is 2.30. The molecule has 6 heteroatoms. The minimum atomic E-state index is 0. The molecule has 120 valence electrons. The van der Waals surface area contributed by atoms with Crippen LogP contribution in [0.2, 0.25) is 5.15 Å². The van der Waals surface area contributed by atoms with E-state index in [9.17, 15) is 0 Å². The first-order chi connectivity index (χ1) is 9.79. The number of para-hydroxylation sites is 1. The van der Waals surface area contributed by atoms with Crippen LogP contribution in [0.15, 0.2) is 43.0 Å². The Kier molecular flexibility index (Phi) is 7.60. The topological polar surface area (TPSA) is 28.2 Å². The maximum Gasteiger partial charge on any atom is 0.134 e. The van der Waals surface area contributed by atoms with Gasteiger partial charge >= 0.3 is 0 Å². The molecule has 1 saturated heterocycles. The lowest BCUT2D eigenvalue weighted by Gasteiger charge is -2.33. The molecule has 1 aromatic carbocycles. The molecule has 0 amide bonds. The molecule has 1 N–H and O–H groups in total. The Hall–Kier alpha value is -0.840. The van der Waals surface area contributed by atoms with Gasteiger partial charge in [0.2, 0.25) is 0 Å². The molecule has 0 radical (unpaired) electrons. The standard InChI is InChI=1S/C16H18ClN3.2ClH/c1-2-15(20-9-7-18-8-10-20)13-11-12-5-3-4-6-14(12)19-16(13)17;;/h2-6,11,15,18H,1,7-10H2;2*1H/t15-;;/m0../s1. The summed E-state index contributed by atoms with van der Waals surface area (Å²) in [5, 5.41) is 5.06. The van der Waals surface area contributed by atoms with Gasteiger partial charge in [-0.3, -0.25) is 4.90 Å². The Morgan fingerprint density at radius 3 is 2.59 bits per heavy atom. The molecule has 0 unspecified atom stereocenters. The van der Waals surface area contributed by atoms with Gasteiger partial charge in [-0.05, 0) is 12.1 Å². The van der Waals surface area contributed by atoms with Crippen molar-refractivity contribution < 1.29 is 0 Å². The van der Waals surface area contributed by atoms with Gasteiger partial charge in [-0.15, -0.1) is 31.4 Å². The molecule has 2 heterocycles. The molecule has 1 aromatic heterocycles. The highest BCUT2D eigenvalue weighted by atomic mass is 35.5. The van der Waals surface area contributed by atoms with E-state index in [2.05, 4.69) is 33.9 Å². The summed E-state index contributed by atoms with van der Waals surface area (Å²) in [4.78, 5) is 6.90. The summed E-state index contributed by atoms with van der Waals surface area (Å²) in [6.45, 7) is 7.99. The molecular formula is C16H20Cl3N3. The Bertz CT molecular complexity index is 627. The van der Waals surface area contributed by atoms with Crippen molar-refractivity contribution in [3.8, 4) is 0 Å². The summed E-state index contributed by atoms with van der Waals surface area (Å²) in [7, 11) is 0. The number of fused-ring (bicyclic) bond motifs is 1. The minimum Gasteiger partial charge on any atom is -0.314 e. The van der Waals surface area contributed by atoms with Gasteiger partial charge < -0.3 is 5.32 Å². The number of hydrogen-bond donors (Lipinski definition) is 1. The average Bonchev–Trinajstić information content (AvgIpc) is 2.49. The van der Waals surface area contributed by atoms with Gasteiger partial charge in [0, 0.05) is 37.1 Å². The molecule has 0 spiro atoms. The van der Waals surface area contributed by atoms with Crippen molar-refractivity contribution in [1.82, 2.24) is 15.2 Å². The van der Waals surface area contributed by atoms with E-state index in [4.69, 9.17) is 11.6 Å². The van der Waals surface area contributed by atoms with Crippen LogP contribution in [0.4, 0.5) is 0 Å². The van der Waals surface area contributed by atoms with Crippen molar-refractivity contribution in [2.75, 3.05) is 26.2 Å². The number of nitrogens with zero attached hydrogens (tertiary/aromatic N) is 2. The number of rotatable bonds is 3. The van der Waals surface area contributed by atoms with Gasteiger partial charge in [-0.1, -0.05) is 35.9 Å². The van der Waals surface area contributed by atoms with E-state index >= 15 is 0 Å². The number of nitrogens with one attached hydrogen (secondary N) is 1. The predicted molar refractivity (Wildman–Crippen MR) is 98.6 cm³/mol. The average molecular weight is 361 g/mol. The van der Waals surface area contributed by atoms with Crippen molar-refractivity contribution in [3.05, 3.63) is 53.7 Å². The van der Waals surface area contributed by atoms with Gasteiger partial charge in [0.1, 0.15) is 5.15 Å². The Morgan fingerprint density at radius 2 is 1.91 bits per heavy atom. The molecule has 3 rings (SSSR count). The molecule has 3 nitrogen and oxygen atoms in total. The molecule has 0 saturated carbocycles. The largest absolute Gasteiger partial charge is 0.314 e. The summed E-state index contributed by atoms with van der Waals surface area (Å²) >= 11 is 6.39. The Balaban J connectivity index is 0.00000121. The SMILES string of the molecule is C=C[C@@H](c1cc2ccccc2nc1Cl)N1CCNCC1.Cl.Cl. The van der Waals surface area contributed by atoms with Gasteiger partial charge in [-0.2, -0.15) is 0 Å². The fourth-order valence-corrected chi connectivity index (χ4v) is 3.01. The van der Waals surface area contributed by atoms with Gasteiger partial charge in [-0.25, -0.2) is 4.98 Å². The van der Waals surface area contributed by atoms with Crippen LogP contribution in [0.25, 0.3) is 10.9 Å². The molecule has 1 aliphatic heterocycles. The molecule has 22 heavy (non-hydrogen) atoms. The number of pyridine rings is 1. The molecular weight excluding hydrogens is 341 g/mol. The fraction of sp³-hybridized carbons (Fsp3) is 0.312. The Labute approximate surface area is 148 Å². The molecule has 1 fully saturated rings. The van der Waals surface area contributed by atoms with E-state index in [1.807, 2.05) is 24.3 Å². The Morgan fingerprint density at radius 1 is 1.23 bits per heavy atom. The van der Waals surface area contributed by atoms with Gasteiger partial charge in [0.05, 0.1) is 11.6 Å². The second kappa shape index (κ2) is 8.70. The quantitative estimate of drug-likeness (QED) is 0.665. The number of hydrogen-bond acceptors (Lipinski definition) is 3. The first-order valence-electron chi connectivity index (χ1n) is 6.92. The van der Waals surface area contributed by atoms with Crippen LogP contribution in [0.1, 0.15) is 11.6 Å². The zero-order valence-electron chi connectivity index (χ0n) is 12.2. The van der Waals surface area contributed by atoms with E-state index in [1.165, 1.54) is 0 Å². The third kappa shape index (κ3) is 3.92. The lowest BCUT2D eigenvalue weighted by Crippen LogP contribution is -2.44. The summed E-state index contributed by atoms with van der Waals surface area (Å²) in [6, 6.07) is 10.3. The molecule has 0 aliphatic carbocycles. The molecule has 1 aliphatic rings. The smallest absolute Gasteiger partial charge is 0.134 e. The van der Waals surface area contributed by atoms with E-state index in [0.29, 0.717) is 5.15 Å². The van der Waals surface area contributed by atoms with Crippen molar-refractivity contribution in [2.45, 2.75) is 6.04 Å². The van der Waals surface area contributed by atoms with Crippen LogP contribution in [0.3, 0.4) is 0 Å². The van der Waals surface area contributed by atoms with Crippen LogP contribution in [-0.4, -0.2) is 36.1 Å². The second-order valence-electron chi connectivity index (χ2n) is 5.03. The predicted octanol–water partition coefficient (Wildman–Crippen LogP) is 3.86. The van der Waals surface area contributed by atoms with Crippen LogP contribution in [0, 0.1) is 0 Å². The number of aromatic nitrogens is 1. The zero-order valence-corrected chi connectivity index (χ0v) is 14.6. The first kappa shape index (κ1) is 19.2. The zero-order chi connectivity index (χ0) is 13.9. The highest BCUT2D eigenvalue weighted by molar-refractivity contribution is 6.30. The minimum absolute atomic E-state index is 0. The fourth-order valence-electron chi connectivity index (χ4n) is 2.75. The van der Waals surface area contributed by atoms with E-state index in [-0.39, 0.29) is 30.9 Å². The normalized spacial score (nSPS) is 16.4. The first-order valence-corrected chi connectivity index (χ1v) is 7.30. The summed E-state index contributed by atoms with van der Waals surface area (Å²) < 4.78 is 0. The van der Waals surface area contributed by atoms with Crippen LogP contribution < -0.4 is 5.32 Å². The van der Waals surface area contributed by atoms with Crippen LogP contribution >= 0.6 is 36.4 Å². The van der Waals surface area contributed by atoms with Gasteiger partial charge in [0.25, 0.3) is 0 Å². The van der Waals surface area contributed by atoms with Crippen LogP contribution in [0.5, 0.6) is 0 Å². The van der Waals surface area contributed by atoms with Crippen molar-refractivity contribution in [2.24, 2.45) is 0 Å². The monoisotopic (exact) mass is 359 g/mol. The summed E-state index contributed by atoms with van der Waals surface area (Å²) in [5.74, 6) is 0. The molecule has 2 aromatic rings. The van der Waals surface area contributed by atoms with Crippen LogP contribution in [-0.2, 0) is 0 Å². The lowest BCUT2D eigenvalue weighted by molar-refractivity contribution is 0.203. The number of halogens is 3. The molecule has 1 atom stereocenters. The summed E-state index contributed by atoms with van der Waals surface area (Å²) in [6.07, 6.45) is 1.96. The van der Waals surface area contributed by atoms with Crippen molar-refractivity contribution in [1.29, 1.82) is 0 Å². The maximum atomic E-state index is 6.39. The highest BCUT2D eigenvalue weighted by Gasteiger charge is 2.22. The van der Waals surface area contributed by atoms with Crippen molar-refractivity contribution in [3.63, 3.8) is 0 Å². The van der Waals surface area contributed by atoms with Gasteiger partial charge in [0.15, 0.2) is 0 Å². The van der Waals surface area contributed by atoms with E-state index < -0.39 is 0 Å². The second-order valence-corrected chi connectivity index (χ2v) is 5.39. The van der Waals surface area contributed by atoms with E-state index in [1.54, 1.807) is 0 Å². The summed E-state index contributed by atoms with van der Waals surface area (Å²) in [5.41, 5.74) is 1.98. The molecule has 0 bridgehead atoms.